The minimum Gasteiger partial charge on any atom is -0.207 e. The molecule has 1 aromatic carbocycles. The molecule has 86 valence electrons. The van der Waals surface area contributed by atoms with Gasteiger partial charge >= 0.3 is 0 Å². The molecule has 0 aliphatic carbocycles. The fraction of sp³-hybridized carbons (Fsp3) is 0.538. The van der Waals surface area contributed by atoms with Crippen LogP contribution in [0, 0.1) is 11.7 Å². The first-order valence-electron chi connectivity index (χ1n) is 5.84. The maximum Gasteiger partial charge on any atom is 0.127 e. The first kappa shape index (κ1) is 11.0. The zero-order chi connectivity index (χ0) is 11.0. The van der Waals surface area contributed by atoms with E-state index < -0.39 is 0 Å². The van der Waals surface area contributed by atoms with Crippen LogP contribution < -0.4 is 0 Å². The fourth-order valence-electron chi connectivity index (χ4n) is 2.77. The van der Waals surface area contributed by atoms with Crippen LogP contribution in [0.4, 0.5) is 4.39 Å². The summed E-state index contributed by atoms with van der Waals surface area (Å²) >= 11 is 4.05. The molecule has 2 saturated heterocycles. The van der Waals surface area contributed by atoms with Gasteiger partial charge in [-0.2, -0.15) is 23.5 Å². The van der Waals surface area contributed by atoms with Crippen molar-refractivity contribution in [3.05, 3.63) is 35.6 Å². The van der Waals surface area contributed by atoms with Gasteiger partial charge in [0.15, 0.2) is 0 Å². The molecule has 0 saturated carbocycles. The second-order valence-corrected chi connectivity index (χ2v) is 7.06. The Morgan fingerprint density at radius 3 is 2.75 bits per heavy atom. The number of hydrogen-bond acceptors (Lipinski definition) is 2. The zero-order valence-electron chi connectivity index (χ0n) is 9.06. The summed E-state index contributed by atoms with van der Waals surface area (Å²) in [6, 6.07) is 7.32. The molecule has 3 heteroatoms. The Labute approximate surface area is 104 Å². The highest BCUT2D eigenvalue weighted by Gasteiger charge is 2.39. The summed E-state index contributed by atoms with van der Waals surface area (Å²) in [5.41, 5.74) is 0.935. The van der Waals surface area contributed by atoms with E-state index in [1.54, 1.807) is 12.1 Å². The van der Waals surface area contributed by atoms with Gasteiger partial charge in [0.1, 0.15) is 5.82 Å². The molecule has 0 radical (unpaired) electrons. The Morgan fingerprint density at radius 2 is 1.88 bits per heavy atom. The molecule has 3 unspecified atom stereocenters. The van der Waals surface area contributed by atoms with Crippen LogP contribution in [0.25, 0.3) is 0 Å². The summed E-state index contributed by atoms with van der Waals surface area (Å²) in [6.07, 6.45) is 2.58. The normalized spacial score (nSPS) is 33.7. The van der Waals surface area contributed by atoms with Crippen LogP contribution in [0.1, 0.15) is 23.7 Å². The Hall–Kier alpha value is -0.150. The van der Waals surface area contributed by atoms with Crippen LogP contribution in [0.2, 0.25) is 0 Å². The van der Waals surface area contributed by atoms with E-state index in [9.17, 15) is 4.39 Å². The van der Waals surface area contributed by atoms with Crippen molar-refractivity contribution in [2.45, 2.75) is 23.3 Å². The SMILES string of the molecule is Fc1ccccc1C1SCCC2SCCC21. The summed E-state index contributed by atoms with van der Waals surface area (Å²) in [5, 5.41) is 1.18. The van der Waals surface area contributed by atoms with E-state index in [0.29, 0.717) is 11.2 Å². The molecule has 0 spiro atoms. The third-order valence-corrected chi connectivity index (χ3v) is 6.48. The summed E-state index contributed by atoms with van der Waals surface area (Å²) < 4.78 is 13.8. The third-order valence-electron chi connectivity index (χ3n) is 3.56. The smallest absolute Gasteiger partial charge is 0.127 e. The number of halogens is 1. The van der Waals surface area contributed by atoms with Gasteiger partial charge in [0.05, 0.1) is 0 Å². The van der Waals surface area contributed by atoms with E-state index >= 15 is 0 Å². The molecular formula is C13H15FS2. The van der Waals surface area contributed by atoms with E-state index in [0.717, 1.165) is 10.8 Å². The van der Waals surface area contributed by atoms with Gasteiger partial charge in [-0.1, -0.05) is 18.2 Å². The van der Waals surface area contributed by atoms with Gasteiger partial charge in [0.25, 0.3) is 0 Å². The molecule has 0 amide bonds. The molecule has 3 atom stereocenters. The maximum absolute atomic E-state index is 13.8. The van der Waals surface area contributed by atoms with Gasteiger partial charge in [-0.05, 0) is 36.3 Å². The minimum absolute atomic E-state index is 0.0162. The lowest BCUT2D eigenvalue weighted by Crippen LogP contribution is -2.24. The molecule has 2 heterocycles. The van der Waals surface area contributed by atoms with Gasteiger partial charge in [0, 0.05) is 16.1 Å². The van der Waals surface area contributed by atoms with Gasteiger partial charge < -0.3 is 0 Å². The second kappa shape index (κ2) is 4.61. The highest BCUT2D eigenvalue weighted by Crippen LogP contribution is 2.52. The molecule has 16 heavy (non-hydrogen) atoms. The Morgan fingerprint density at radius 1 is 1.06 bits per heavy atom. The van der Waals surface area contributed by atoms with Crippen LogP contribution in [0.15, 0.2) is 24.3 Å². The molecular weight excluding hydrogens is 239 g/mol. The third kappa shape index (κ3) is 1.88. The van der Waals surface area contributed by atoms with Crippen molar-refractivity contribution in [2.75, 3.05) is 11.5 Å². The van der Waals surface area contributed by atoms with Crippen molar-refractivity contribution in [1.82, 2.24) is 0 Å². The minimum atomic E-state index is -0.0162. The van der Waals surface area contributed by atoms with E-state index in [4.69, 9.17) is 0 Å². The Balaban J connectivity index is 1.91. The quantitative estimate of drug-likeness (QED) is 0.739. The molecule has 2 aliphatic heterocycles. The predicted molar refractivity (Wildman–Crippen MR) is 70.6 cm³/mol. The van der Waals surface area contributed by atoms with Crippen molar-refractivity contribution < 1.29 is 4.39 Å². The van der Waals surface area contributed by atoms with Gasteiger partial charge in [0.2, 0.25) is 0 Å². The Bertz CT molecular complexity index is 380. The number of fused-ring (bicyclic) bond motifs is 1. The summed E-state index contributed by atoms with van der Waals surface area (Å²) in [6.45, 7) is 0. The van der Waals surface area contributed by atoms with Crippen LogP contribution >= 0.6 is 23.5 Å². The molecule has 2 fully saturated rings. The second-order valence-electron chi connectivity index (χ2n) is 4.46. The van der Waals surface area contributed by atoms with Gasteiger partial charge in [-0.15, -0.1) is 0 Å². The van der Waals surface area contributed by atoms with E-state index in [2.05, 4.69) is 11.8 Å². The van der Waals surface area contributed by atoms with Crippen molar-refractivity contribution in [3.8, 4) is 0 Å². The average Bonchev–Trinajstić information content (AvgIpc) is 2.77. The van der Waals surface area contributed by atoms with E-state index in [-0.39, 0.29) is 5.82 Å². The number of rotatable bonds is 1. The van der Waals surface area contributed by atoms with Crippen LogP contribution in [-0.4, -0.2) is 16.8 Å². The monoisotopic (exact) mass is 254 g/mol. The summed E-state index contributed by atoms with van der Waals surface area (Å²) in [7, 11) is 0. The van der Waals surface area contributed by atoms with Crippen molar-refractivity contribution in [1.29, 1.82) is 0 Å². The molecule has 0 bridgehead atoms. The first-order chi connectivity index (χ1) is 7.86. The van der Waals surface area contributed by atoms with Gasteiger partial charge in [-0.3, -0.25) is 0 Å². The molecule has 2 aliphatic rings. The predicted octanol–water partition coefficient (Wildman–Crippen LogP) is 4.13. The number of hydrogen-bond donors (Lipinski definition) is 0. The lowest BCUT2D eigenvalue weighted by Gasteiger charge is -2.33. The highest BCUT2D eigenvalue weighted by molar-refractivity contribution is 8.01. The highest BCUT2D eigenvalue weighted by atomic mass is 32.2. The lowest BCUT2D eigenvalue weighted by atomic mass is 9.91. The summed E-state index contributed by atoms with van der Waals surface area (Å²) in [5.74, 6) is 3.13. The first-order valence-corrected chi connectivity index (χ1v) is 7.93. The van der Waals surface area contributed by atoms with E-state index in [1.165, 1.54) is 24.3 Å². The summed E-state index contributed by atoms with van der Waals surface area (Å²) in [4.78, 5) is 0. The lowest BCUT2D eigenvalue weighted by molar-refractivity contribution is 0.467. The van der Waals surface area contributed by atoms with Crippen LogP contribution in [0.5, 0.6) is 0 Å². The van der Waals surface area contributed by atoms with Crippen LogP contribution in [0.3, 0.4) is 0 Å². The molecule has 1 aromatic rings. The number of benzene rings is 1. The van der Waals surface area contributed by atoms with Crippen molar-refractivity contribution in [3.63, 3.8) is 0 Å². The zero-order valence-corrected chi connectivity index (χ0v) is 10.7. The molecule has 3 rings (SSSR count). The molecule has 0 N–H and O–H groups in total. The average molecular weight is 254 g/mol. The van der Waals surface area contributed by atoms with Crippen LogP contribution in [-0.2, 0) is 0 Å². The fourth-order valence-corrected chi connectivity index (χ4v) is 6.14. The van der Waals surface area contributed by atoms with Crippen molar-refractivity contribution >= 4 is 23.5 Å². The van der Waals surface area contributed by atoms with Crippen molar-refractivity contribution in [2.24, 2.45) is 5.92 Å². The topological polar surface area (TPSA) is 0 Å². The molecule has 0 aromatic heterocycles. The van der Waals surface area contributed by atoms with Gasteiger partial charge in [-0.25, -0.2) is 4.39 Å². The van der Waals surface area contributed by atoms with E-state index in [1.807, 2.05) is 23.9 Å². The Kier molecular flexibility index (Phi) is 3.16. The number of thioether (sulfide) groups is 2. The maximum atomic E-state index is 13.8. The molecule has 0 nitrogen and oxygen atoms in total. The largest absolute Gasteiger partial charge is 0.207 e. The standard InChI is InChI=1S/C13H15FS2/c14-11-4-2-1-3-9(11)13-10-5-7-15-12(10)6-8-16-13/h1-4,10,12-13H,5-8H2.